The number of rotatable bonds is 4. The summed E-state index contributed by atoms with van der Waals surface area (Å²) in [5.74, 6) is -0.237. The fraction of sp³-hybridized carbons (Fsp3) is 0.133. The molecule has 0 unspecified atom stereocenters. The summed E-state index contributed by atoms with van der Waals surface area (Å²) in [6.07, 6.45) is 1.42. The lowest BCUT2D eigenvalue weighted by Gasteiger charge is -2.19. The van der Waals surface area contributed by atoms with E-state index in [2.05, 4.69) is 4.98 Å². The molecule has 2 aromatic rings. The third-order valence-corrected chi connectivity index (χ3v) is 2.96. The van der Waals surface area contributed by atoms with Crippen LogP contribution in [-0.2, 0) is 6.54 Å². The molecule has 1 amide bonds. The number of nitrogens with zero attached hydrogens (tertiary/aromatic N) is 3. The highest BCUT2D eigenvalue weighted by Gasteiger charge is 2.16. The number of nitriles is 1. The van der Waals surface area contributed by atoms with Crippen LogP contribution in [0.5, 0.6) is 0 Å². The number of carbonyl (C=O) groups is 1. The van der Waals surface area contributed by atoms with E-state index < -0.39 is 0 Å². The molecule has 0 aliphatic rings. The van der Waals surface area contributed by atoms with Crippen LogP contribution in [0.15, 0.2) is 48.7 Å². The monoisotopic (exact) mass is 285 g/mol. The van der Waals surface area contributed by atoms with Gasteiger partial charge in [-0.25, -0.2) is 4.98 Å². The molecule has 1 aromatic carbocycles. The van der Waals surface area contributed by atoms with Crippen LogP contribution in [0, 0.1) is 11.3 Å². The third-order valence-electron chi connectivity index (χ3n) is 2.74. The van der Waals surface area contributed by atoms with Gasteiger partial charge in [0.2, 0.25) is 0 Å². The first kappa shape index (κ1) is 14.0. The molecule has 0 aliphatic carbocycles. The van der Waals surface area contributed by atoms with Gasteiger partial charge in [0.15, 0.2) is 0 Å². The summed E-state index contributed by atoms with van der Waals surface area (Å²) in [6.45, 7) is 0.409. The Bertz CT molecular complexity index is 620. The molecule has 1 heterocycles. The Morgan fingerprint density at radius 2 is 2.00 bits per heavy atom. The van der Waals surface area contributed by atoms with Crippen molar-refractivity contribution >= 4 is 17.5 Å². The molecule has 0 saturated carbocycles. The smallest absolute Gasteiger partial charge is 0.256 e. The first-order valence-corrected chi connectivity index (χ1v) is 6.40. The van der Waals surface area contributed by atoms with Gasteiger partial charge in [-0.15, -0.1) is 0 Å². The molecule has 0 saturated heterocycles. The van der Waals surface area contributed by atoms with Crippen molar-refractivity contribution in [1.82, 2.24) is 9.88 Å². The second kappa shape index (κ2) is 6.69. The van der Waals surface area contributed by atoms with Gasteiger partial charge < -0.3 is 4.90 Å². The summed E-state index contributed by atoms with van der Waals surface area (Å²) < 4.78 is 0. The topological polar surface area (TPSA) is 57.0 Å². The first-order chi connectivity index (χ1) is 9.70. The number of carbonyl (C=O) groups excluding carboxylic acids is 1. The predicted molar refractivity (Wildman–Crippen MR) is 76.0 cm³/mol. The second-order valence-corrected chi connectivity index (χ2v) is 4.56. The average molecular weight is 286 g/mol. The fourth-order valence-corrected chi connectivity index (χ4v) is 1.89. The van der Waals surface area contributed by atoms with E-state index in [0.717, 1.165) is 5.56 Å². The number of amides is 1. The van der Waals surface area contributed by atoms with Gasteiger partial charge in [-0.2, -0.15) is 5.26 Å². The molecule has 0 radical (unpaired) electrons. The SMILES string of the molecule is N#CCN(Cc1ccccc1)C(=O)c1ccc(Cl)nc1. The van der Waals surface area contributed by atoms with Crippen LogP contribution in [0.1, 0.15) is 15.9 Å². The Kier molecular flexibility index (Phi) is 4.70. The van der Waals surface area contributed by atoms with Crippen LogP contribution in [0.3, 0.4) is 0 Å². The number of pyridine rings is 1. The van der Waals surface area contributed by atoms with Crippen LogP contribution >= 0.6 is 11.6 Å². The van der Waals surface area contributed by atoms with Crippen molar-refractivity contribution in [3.8, 4) is 6.07 Å². The summed E-state index contributed by atoms with van der Waals surface area (Å²) in [5.41, 5.74) is 1.39. The van der Waals surface area contributed by atoms with E-state index in [1.165, 1.54) is 11.1 Å². The van der Waals surface area contributed by atoms with Crippen molar-refractivity contribution in [2.45, 2.75) is 6.54 Å². The van der Waals surface area contributed by atoms with Gasteiger partial charge in [0.1, 0.15) is 11.7 Å². The zero-order valence-corrected chi connectivity index (χ0v) is 11.4. The van der Waals surface area contributed by atoms with Gasteiger partial charge in [-0.3, -0.25) is 4.79 Å². The minimum Gasteiger partial charge on any atom is -0.321 e. The highest BCUT2D eigenvalue weighted by Crippen LogP contribution is 2.11. The van der Waals surface area contributed by atoms with E-state index in [-0.39, 0.29) is 12.5 Å². The highest BCUT2D eigenvalue weighted by atomic mass is 35.5. The van der Waals surface area contributed by atoms with E-state index in [0.29, 0.717) is 17.3 Å². The number of aromatic nitrogens is 1. The molecule has 5 heteroatoms. The average Bonchev–Trinajstić information content (AvgIpc) is 2.48. The van der Waals surface area contributed by atoms with Crippen molar-refractivity contribution < 1.29 is 4.79 Å². The van der Waals surface area contributed by atoms with Crippen molar-refractivity contribution in [2.24, 2.45) is 0 Å². The highest BCUT2D eigenvalue weighted by molar-refractivity contribution is 6.29. The van der Waals surface area contributed by atoms with Crippen molar-refractivity contribution in [3.63, 3.8) is 0 Å². The summed E-state index contributed by atoms with van der Waals surface area (Å²) in [6, 6.07) is 14.7. The summed E-state index contributed by atoms with van der Waals surface area (Å²) in [5, 5.41) is 9.20. The largest absolute Gasteiger partial charge is 0.321 e. The molecule has 0 spiro atoms. The van der Waals surface area contributed by atoms with Gasteiger partial charge in [-0.1, -0.05) is 41.9 Å². The Balaban J connectivity index is 2.18. The van der Waals surface area contributed by atoms with Gasteiger partial charge in [0.25, 0.3) is 5.91 Å². The lowest BCUT2D eigenvalue weighted by molar-refractivity contribution is 0.0764. The molecule has 0 N–H and O–H groups in total. The van der Waals surface area contributed by atoms with Crippen molar-refractivity contribution in [3.05, 3.63) is 64.9 Å². The van der Waals surface area contributed by atoms with Crippen LogP contribution < -0.4 is 0 Å². The molecular formula is C15H12ClN3O. The molecule has 0 bridgehead atoms. The van der Waals surface area contributed by atoms with Crippen LogP contribution in [0.25, 0.3) is 0 Å². The lowest BCUT2D eigenvalue weighted by Crippen LogP contribution is -2.31. The maximum Gasteiger partial charge on any atom is 0.256 e. The van der Waals surface area contributed by atoms with E-state index in [9.17, 15) is 4.79 Å². The maximum atomic E-state index is 12.3. The molecule has 100 valence electrons. The number of benzene rings is 1. The first-order valence-electron chi connectivity index (χ1n) is 6.02. The fourth-order valence-electron chi connectivity index (χ4n) is 1.77. The van der Waals surface area contributed by atoms with Crippen molar-refractivity contribution in [1.29, 1.82) is 5.26 Å². The lowest BCUT2D eigenvalue weighted by atomic mass is 10.2. The molecule has 1 aromatic heterocycles. The zero-order chi connectivity index (χ0) is 14.4. The molecule has 0 atom stereocenters. The Morgan fingerprint density at radius 3 is 2.60 bits per heavy atom. The number of halogens is 1. The minimum absolute atomic E-state index is 0.0242. The number of hydrogen-bond acceptors (Lipinski definition) is 3. The maximum absolute atomic E-state index is 12.3. The molecular weight excluding hydrogens is 274 g/mol. The zero-order valence-electron chi connectivity index (χ0n) is 10.7. The summed E-state index contributed by atoms with van der Waals surface area (Å²) >= 11 is 5.70. The summed E-state index contributed by atoms with van der Waals surface area (Å²) in [4.78, 5) is 17.7. The van der Waals surface area contributed by atoms with Crippen LogP contribution in [0.2, 0.25) is 5.15 Å². The minimum atomic E-state index is -0.237. The van der Waals surface area contributed by atoms with Crippen LogP contribution in [-0.4, -0.2) is 22.3 Å². The van der Waals surface area contributed by atoms with Gasteiger partial charge in [0, 0.05) is 12.7 Å². The van der Waals surface area contributed by atoms with Gasteiger partial charge in [0.05, 0.1) is 11.6 Å². The van der Waals surface area contributed by atoms with Crippen LogP contribution in [0.4, 0.5) is 0 Å². The van der Waals surface area contributed by atoms with E-state index >= 15 is 0 Å². The quantitative estimate of drug-likeness (QED) is 0.641. The van der Waals surface area contributed by atoms with Gasteiger partial charge in [-0.05, 0) is 17.7 Å². The van der Waals surface area contributed by atoms with E-state index in [4.69, 9.17) is 16.9 Å². The normalized spacial score (nSPS) is 9.80. The second-order valence-electron chi connectivity index (χ2n) is 4.17. The predicted octanol–water partition coefficient (Wildman–Crippen LogP) is 2.90. The van der Waals surface area contributed by atoms with Crippen molar-refractivity contribution in [2.75, 3.05) is 6.54 Å². The Hall–Kier alpha value is -2.38. The Labute approximate surface area is 122 Å². The molecule has 0 aliphatic heterocycles. The van der Waals surface area contributed by atoms with Gasteiger partial charge >= 0.3 is 0 Å². The van der Waals surface area contributed by atoms with E-state index in [1.807, 2.05) is 36.4 Å². The molecule has 2 rings (SSSR count). The molecule has 4 nitrogen and oxygen atoms in total. The standard InChI is InChI=1S/C15H12ClN3O/c16-14-7-6-13(10-18-14)15(20)19(9-8-17)11-12-4-2-1-3-5-12/h1-7,10H,9,11H2. The van der Waals surface area contributed by atoms with E-state index in [1.54, 1.807) is 12.1 Å². The Morgan fingerprint density at radius 1 is 1.25 bits per heavy atom. The third kappa shape index (κ3) is 3.56. The molecule has 20 heavy (non-hydrogen) atoms. The summed E-state index contributed by atoms with van der Waals surface area (Å²) in [7, 11) is 0. The number of hydrogen-bond donors (Lipinski definition) is 0. The molecule has 0 fully saturated rings.